The summed E-state index contributed by atoms with van der Waals surface area (Å²) in [5.41, 5.74) is 2.25. The Morgan fingerprint density at radius 1 is 1.03 bits per heavy atom. The third-order valence-corrected chi connectivity index (χ3v) is 5.50. The summed E-state index contributed by atoms with van der Waals surface area (Å²) in [6, 6.07) is 18.0. The molecule has 8 nitrogen and oxygen atoms in total. The predicted molar refractivity (Wildman–Crippen MR) is 120 cm³/mol. The zero-order chi connectivity index (χ0) is 23.2. The molecule has 0 radical (unpaired) electrons. The number of hydrogen-bond acceptors (Lipinski definition) is 6. The third-order valence-electron chi connectivity index (χ3n) is 5.50. The van der Waals surface area contributed by atoms with Gasteiger partial charge in [-0.25, -0.2) is 14.6 Å². The maximum absolute atomic E-state index is 12.9. The Labute approximate surface area is 191 Å². The number of ether oxygens (including phenoxy) is 2. The number of amides is 1. The first-order valence-corrected chi connectivity index (χ1v) is 10.9. The van der Waals surface area contributed by atoms with E-state index >= 15 is 0 Å². The van der Waals surface area contributed by atoms with E-state index in [2.05, 4.69) is 4.98 Å². The number of carbonyl (C=O) groups is 3. The fraction of sp³-hybridized carbons (Fsp3) is 0.280. The first kappa shape index (κ1) is 22.3. The van der Waals surface area contributed by atoms with Gasteiger partial charge in [-0.3, -0.25) is 4.79 Å². The molecule has 1 aromatic heterocycles. The number of piperidine rings is 1. The van der Waals surface area contributed by atoms with Crippen LogP contribution in [-0.2, 0) is 20.9 Å². The van der Waals surface area contributed by atoms with Crippen molar-refractivity contribution < 1.29 is 23.9 Å². The van der Waals surface area contributed by atoms with Crippen LogP contribution < -0.4 is 0 Å². The van der Waals surface area contributed by atoms with Gasteiger partial charge in [-0.1, -0.05) is 60.7 Å². The lowest BCUT2D eigenvalue weighted by Gasteiger charge is -2.32. The van der Waals surface area contributed by atoms with Gasteiger partial charge < -0.3 is 18.9 Å². The molecule has 1 amide bonds. The van der Waals surface area contributed by atoms with Gasteiger partial charge in [0.25, 0.3) is 0 Å². The Balaban J connectivity index is 1.59. The molecule has 2 heterocycles. The lowest BCUT2D eigenvalue weighted by molar-refractivity contribution is -0.125. The maximum atomic E-state index is 12.9. The molecular formula is C25H25N3O5. The summed E-state index contributed by atoms with van der Waals surface area (Å²) in [5, 5.41) is 0. The van der Waals surface area contributed by atoms with Crippen LogP contribution in [0.4, 0.5) is 4.79 Å². The van der Waals surface area contributed by atoms with Crippen molar-refractivity contribution in [2.24, 2.45) is 0 Å². The highest BCUT2D eigenvalue weighted by Crippen LogP contribution is 2.30. The van der Waals surface area contributed by atoms with Crippen molar-refractivity contribution in [3.63, 3.8) is 0 Å². The van der Waals surface area contributed by atoms with Crippen molar-refractivity contribution in [3.8, 4) is 11.3 Å². The Morgan fingerprint density at radius 3 is 2.42 bits per heavy atom. The van der Waals surface area contributed by atoms with E-state index in [0.717, 1.165) is 11.1 Å². The van der Waals surface area contributed by atoms with Crippen LogP contribution in [0.15, 0.2) is 67.0 Å². The Bertz CT molecular complexity index is 1130. The SMILES string of the molecule is CCOC(=O)c1ncn(C2CN(C(=O)OCc3ccccc3)CCC2=O)c1-c1ccccc1. The lowest BCUT2D eigenvalue weighted by atomic mass is 10.0. The summed E-state index contributed by atoms with van der Waals surface area (Å²) >= 11 is 0. The molecule has 33 heavy (non-hydrogen) atoms. The van der Waals surface area contributed by atoms with Crippen molar-refractivity contribution in [1.82, 2.24) is 14.5 Å². The minimum Gasteiger partial charge on any atom is -0.461 e. The molecule has 2 aromatic carbocycles. The van der Waals surface area contributed by atoms with Gasteiger partial charge in [0.2, 0.25) is 0 Å². The molecule has 0 spiro atoms. The van der Waals surface area contributed by atoms with Crippen molar-refractivity contribution in [2.45, 2.75) is 26.0 Å². The summed E-state index contributed by atoms with van der Waals surface area (Å²) in [7, 11) is 0. The Kier molecular flexibility index (Phi) is 6.83. The van der Waals surface area contributed by atoms with Gasteiger partial charge in [-0.2, -0.15) is 0 Å². The number of carbonyl (C=O) groups excluding carboxylic acids is 3. The zero-order valence-electron chi connectivity index (χ0n) is 18.3. The second-order valence-electron chi connectivity index (χ2n) is 7.65. The molecule has 4 rings (SSSR count). The van der Waals surface area contributed by atoms with Crippen LogP contribution in [0.25, 0.3) is 11.3 Å². The highest BCUT2D eigenvalue weighted by Gasteiger charge is 2.34. The lowest BCUT2D eigenvalue weighted by Crippen LogP contribution is -2.45. The highest BCUT2D eigenvalue weighted by molar-refractivity contribution is 5.95. The van der Waals surface area contributed by atoms with Crippen LogP contribution in [0.2, 0.25) is 0 Å². The topological polar surface area (TPSA) is 90.7 Å². The van der Waals surface area contributed by atoms with E-state index in [9.17, 15) is 14.4 Å². The van der Waals surface area contributed by atoms with E-state index in [1.54, 1.807) is 11.5 Å². The fourth-order valence-electron chi connectivity index (χ4n) is 3.86. The summed E-state index contributed by atoms with van der Waals surface area (Å²) in [4.78, 5) is 43.9. The minimum absolute atomic E-state index is 0.0351. The molecule has 3 aromatic rings. The predicted octanol–water partition coefficient (Wildman–Crippen LogP) is 3.88. The number of aromatic nitrogens is 2. The number of esters is 1. The quantitative estimate of drug-likeness (QED) is 0.533. The van der Waals surface area contributed by atoms with Crippen molar-refractivity contribution in [1.29, 1.82) is 0 Å². The minimum atomic E-state index is -0.686. The van der Waals surface area contributed by atoms with Gasteiger partial charge in [-0.15, -0.1) is 0 Å². The molecule has 0 bridgehead atoms. The molecular weight excluding hydrogens is 422 g/mol. The average molecular weight is 447 g/mol. The summed E-state index contributed by atoms with van der Waals surface area (Å²) in [6.45, 7) is 2.50. The number of ketones is 1. The second kappa shape index (κ2) is 10.1. The summed E-state index contributed by atoms with van der Waals surface area (Å²) < 4.78 is 12.3. The first-order valence-electron chi connectivity index (χ1n) is 10.9. The van der Waals surface area contributed by atoms with Crippen LogP contribution >= 0.6 is 0 Å². The van der Waals surface area contributed by atoms with Crippen LogP contribution in [0.1, 0.15) is 35.4 Å². The van der Waals surface area contributed by atoms with E-state index in [4.69, 9.17) is 9.47 Å². The summed E-state index contributed by atoms with van der Waals surface area (Å²) in [6.07, 6.45) is 1.17. The monoisotopic (exact) mass is 447 g/mol. The van der Waals surface area contributed by atoms with E-state index in [-0.39, 0.29) is 44.2 Å². The van der Waals surface area contributed by atoms with E-state index in [1.165, 1.54) is 11.2 Å². The molecule has 1 aliphatic heterocycles. The van der Waals surface area contributed by atoms with Gasteiger partial charge in [0, 0.05) is 18.5 Å². The van der Waals surface area contributed by atoms with Crippen molar-refractivity contribution >= 4 is 17.8 Å². The van der Waals surface area contributed by atoms with Crippen LogP contribution in [-0.4, -0.2) is 52.0 Å². The first-order chi connectivity index (χ1) is 16.1. The molecule has 1 unspecified atom stereocenters. The number of rotatable bonds is 6. The van der Waals surface area contributed by atoms with E-state index in [1.807, 2.05) is 60.7 Å². The molecule has 170 valence electrons. The van der Waals surface area contributed by atoms with Crippen LogP contribution in [0.3, 0.4) is 0 Å². The fourth-order valence-corrected chi connectivity index (χ4v) is 3.86. The number of nitrogens with zero attached hydrogens (tertiary/aromatic N) is 3. The Morgan fingerprint density at radius 2 is 1.73 bits per heavy atom. The second-order valence-corrected chi connectivity index (χ2v) is 7.65. The normalized spacial score (nSPS) is 15.8. The maximum Gasteiger partial charge on any atom is 0.410 e. The number of Topliss-reactive ketones (excluding diaryl/α,β-unsaturated/α-hetero) is 1. The number of likely N-dealkylation sites (tertiary alicyclic amines) is 1. The Hall–Kier alpha value is -3.94. The van der Waals surface area contributed by atoms with Gasteiger partial charge >= 0.3 is 12.1 Å². The molecule has 0 N–H and O–H groups in total. The van der Waals surface area contributed by atoms with Gasteiger partial charge in [0.05, 0.1) is 25.2 Å². The van der Waals surface area contributed by atoms with Crippen LogP contribution in [0, 0.1) is 0 Å². The molecule has 1 saturated heterocycles. The molecule has 1 fully saturated rings. The number of benzene rings is 2. The molecule has 1 aliphatic rings. The van der Waals surface area contributed by atoms with Gasteiger partial charge in [0.15, 0.2) is 11.5 Å². The molecule has 8 heteroatoms. The third kappa shape index (κ3) is 4.95. The molecule has 0 saturated carbocycles. The van der Waals surface area contributed by atoms with E-state index in [0.29, 0.717) is 5.69 Å². The molecule has 0 aliphatic carbocycles. The smallest absolute Gasteiger partial charge is 0.410 e. The molecule has 1 atom stereocenters. The van der Waals surface area contributed by atoms with E-state index < -0.39 is 18.1 Å². The summed E-state index contributed by atoms with van der Waals surface area (Å²) in [5.74, 6) is -0.593. The van der Waals surface area contributed by atoms with Gasteiger partial charge in [-0.05, 0) is 12.5 Å². The average Bonchev–Trinajstić information content (AvgIpc) is 3.29. The zero-order valence-corrected chi connectivity index (χ0v) is 18.3. The van der Waals surface area contributed by atoms with Crippen molar-refractivity contribution in [3.05, 3.63) is 78.2 Å². The number of imidazole rings is 1. The van der Waals surface area contributed by atoms with Crippen molar-refractivity contribution in [2.75, 3.05) is 19.7 Å². The standard InChI is InChI=1S/C25H25N3O5/c1-2-32-24(30)22-23(19-11-7-4-8-12-19)28(17-26-22)20-15-27(14-13-21(20)29)25(31)33-16-18-9-5-3-6-10-18/h3-12,17,20H,2,13-16H2,1H3. The highest BCUT2D eigenvalue weighted by atomic mass is 16.6. The van der Waals surface area contributed by atoms with Gasteiger partial charge in [0.1, 0.15) is 12.6 Å². The van der Waals surface area contributed by atoms with Crippen LogP contribution in [0.5, 0.6) is 0 Å². The number of hydrogen-bond donors (Lipinski definition) is 0. The largest absolute Gasteiger partial charge is 0.461 e.